The molecular formula is C12H17N3O2. The van der Waals surface area contributed by atoms with Gasteiger partial charge in [-0.2, -0.15) is 0 Å². The number of carbonyl (C=O) groups is 1. The van der Waals surface area contributed by atoms with Crippen molar-refractivity contribution in [1.29, 1.82) is 0 Å². The van der Waals surface area contributed by atoms with E-state index in [1.165, 1.54) is 25.1 Å². The van der Waals surface area contributed by atoms with Gasteiger partial charge in [0, 0.05) is 19.3 Å². The van der Waals surface area contributed by atoms with Crippen molar-refractivity contribution in [1.82, 2.24) is 4.98 Å². The molecule has 1 aliphatic carbocycles. The number of aromatic nitrogens is 1. The van der Waals surface area contributed by atoms with Gasteiger partial charge < -0.3 is 15.7 Å². The summed E-state index contributed by atoms with van der Waals surface area (Å²) in [5, 5.41) is 9.01. The highest BCUT2D eigenvalue weighted by molar-refractivity contribution is 5.96. The number of carboxylic acid groups (broad SMARTS) is 1. The van der Waals surface area contributed by atoms with Crippen LogP contribution in [0.25, 0.3) is 0 Å². The van der Waals surface area contributed by atoms with Gasteiger partial charge in [-0.25, -0.2) is 9.78 Å². The smallest absolute Gasteiger partial charge is 0.337 e. The second-order valence-corrected chi connectivity index (χ2v) is 4.45. The topological polar surface area (TPSA) is 79.5 Å². The first-order valence-electron chi connectivity index (χ1n) is 5.82. The summed E-state index contributed by atoms with van der Waals surface area (Å²) in [6.45, 7) is 0. The molecule has 1 heterocycles. The maximum absolute atomic E-state index is 11.0. The normalized spacial score (nSPS) is 16.1. The molecule has 0 unspecified atom stereocenters. The average molecular weight is 235 g/mol. The Labute approximate surface area is 100 Å². The number of hydrogen-bond donors (Lipinski definition) is 2. The van der Waals surface area contributed by atoms with Crippen molar-refractivity contribution in [2.45, 2.75) is 31.7 Å². The fraction of sp³-hybridized carbons (Fsp3) is 0.500. The van der Waals surface area contributed by atoms with Gasteiger partial charge in [0.1, 0.15) is 0 Å². The number of nitrogens with two attached hydrogens (primary N) is 1. The Kier molecular flexibility index (Phi) is 3.17. The lowest BCUT2D eigenvalue weighted by molar-refractivity contribution is 0.0698. The molecule has 5 heteroatoms. The molecule has 1 fully saturated rings. The first kappa shape index (κ1) is 11.7. The molecule has 0 radical (unpaired) electrons. The number of hydrogen-bond acceptors (Lipinski definition) is 4. The molecule has 92 valence electrons. The van der Waals surface area contributed by atoms with Gasteiger partial charge in [-0.3, -0.25) is 0 Å². The molecule has 0 aromatic carbocycles. The van der Waals surface area contributed by atoms with E-state index in [9.17, 15) is 4.79 Å². The van der Waals surface area contributed by atoms with Crippen LogP contribution in [0.4, 0.5) is 11.5 Å². The third-order valence-electron chi connectivity index (χ3n) is 3.41. The van der Waals surface area contributed by atoms with Gasteiger partial charge >= 0.3 is 5.97 Å². The molecule has 0 aliphatic heterocycles. The number of nitrogen functional groups attached to an aromatic ring is 1. The average Bonchev–Trinajstić information content (AvgIpc) is 2.81. The molecule has 2 rings (SSSR count). The van der Waals surface area contributed by atoms with Gasteiger partial charge in [-0.15, -0.1) is 0 Å². The van der Waals surface area contributed by atoms with E-state index in [1.54, 1.807) is 0 Å². The minimum absolute atomic E-state index is 0.125. The standard InChI is InChI=1S/C12H17N3O2/c1-15(8-4-2-3-5-8)11-10(13)9(12(16)17)6-7-14-11/h6-8H,2-5,13H2,1H3,(H,16,17). The van der Waals surface area contributed by atoms with Crippen molar-refractivity contribution in [3.8, 4) is 0 Å². The molecule has 0 saturated heterocycles. The van der Waals surface area contributed by atoms with Crippen LogP contribution in [0, 0.1) is 0 Å². The maximum Gasteiger partial charge on any atom is 0.337 e. The summed E-state index contributed by atoms with van der Waals surface area (Å²) in [5.74, 6) is -0.428. The number of rotatable bonds is 3. The van der Waals surface area contributed by atoms with Crippen molar-refractivity contribution in [3.05, 3.63) is 17.8 Å². The van der Waals surface area contributed by atoms with E-state index < -0.39 is 5.97 Å². The van der Waals surface area contributed by atoms with E-state index in [-0.39, 0.29) is 11.3 Å². The Balaban J connectivity index is 2.31. The molecule has 0 bridgehead atoms. The number of carboxylic acids is 1. The lowest BCUT2D eigenvalue weighted by Crippen LogP contribution is -2.30. The van der Waals surface area contributed by atoms with Crippen LogP contribution < -0.4 is 10.6 Å². The van der Waals surface area contributed by atoms with Crippen LogP contribution in [0.1, 0.15) is 36.0 Å². The highest BCUT2D eigenvalue weighted by Gasteiger charge is 2.23. The molecule has 0 atom stereocenters. The predicted molar refractivity (Wildman–Crippen MR) is 66.3 cm³/mol. The molecule has 0 amide bonds. The van der Waals surface area contributed by atoms with E-state index >= 15 is 0 Å². The van der Waals surface area contributed by atoms with Crippen LogP contribution in [0.15, 0.2) is 12.3 Å². The summed E-state index contributed by atoms with van der Waals surface area (Å²) >= 11 is 0. The Bertz CT molecular complexity index is 428. The van der Waals surface area contributed by atoms with Gasteiger partial charge in [0.15, 0.2) is 5.82 Å². The van der Waals surface area contributed by atoms with Crippen LogP contribution >= 0.6 is 0 Å². The highest BCUT2D eigenvalue weighted by Crippen LogP contribution is 2.30. The van der Waals surface area contributed by atoms with Crippen LogP contribution in [0.2, 0.25) is 0 Å². The Morgan fingerprint density at radius 1 is 1.53 bits per heavy atom. The van der Waals surface area contributed by atoms with E-state index in [1.807, 2.05) is 11.9 Å². The number of pyridine rings is 1. The van der Waals surface area contributed by atoms with Crippen LogP contribution in [-0.4, -0.2) is 29.1 Å². The molecule has 1 aromatic heterocycles. The van der Waals surface area contributed by atoms with Crippen LogP contribution in [-0.2, 0) is 0 Å². The van der Waals surface area contributed by atoms with Gasteiger partial charge in [0.2, 0.25) is 0 Å². The largest absolute Gasteiger partial charge is 0.478 e. The summed E-state index contributed by atoms with van der Waals surface area (Å²) in [6, 6.07) is 1.86. The monoisotopic (exact) mass is 235 g/mol. The lowest BCUT2D eigenvalue weighted by atomic mass is 10.1. The fourth-order valence-electron chi connectivity index (χ4n) is 2.39. The van der Waals surface area contributed by atoms with E-state index in [4.69, 9.17) is 10.8 Å². The number of nitrogens with zero attached hydrogens (tertiary/aromatic N) is 2. The molecule has 5 nitrogen and oxygen atoms in total. The summed E-state index contributed by atoms with van der Waals surface area (Å²) in [7, 11) is 1.93. The third-order valence-corrected chi connectivity index (χ3v) is 3.41. The molecule has 1 aliphatic rings. The minimum Gasteiger partial charge on any atom is -0.478 e. The van der Waals surface area contributed by atoms with E-state index in [2.05, 4.69) is 4.98 Å². The number of anilines is 2. The van der Waals surface area contributed by atoms with Crippen molar-refractivity contribution in [3.63, 3.8) is 0 Å². The van der Waals surface area contributed by atoms with Crippen molar-refractivity contribution in [2.24, 2.45) is 0 Å². The second kappa shape index (κ2) is 4.61. The van der Waals surface area contributed by atoms with Crippen molar-refractivity contribution < 1.29 is 9.90 Å². The Morgan fingerprint density at radius 2 is 2.18 bits per heavy atom. The zero-order valence-electron chi connectivity index (χ0n) is 9.89. The van der Waals surface area contributed by atoms with Gasteiger partial charge in [-0.05, 0) is 18.9 Å². The van der Waals surface area contributed by atoms with Crippen LogP contribution in [0.5, 0.6) is 0 Å². The molecule has 3 N–H and O–H groups in total. The predicted octanol–water partition coefficient (Wildman–Crippen LogP) is 1.74. The third kappa shape index (κ3) is 2.18. The highest BCUT2D eigenvalue weighted by atomic mass is 16.4. The SMILES string of the molecule is CN(c1nccc(C(=O)O)c1N)C1CCCC1. The first-order valence-corrected chi connectivity index (χ1v) is 5.82. The van der Waals surface area contributed by atoms with E-state index in [0.717, 1.165) is 12.8 Å². The quantitative estimate of drug-likeness (QED) is 0.834. The number of aromatic carboxylic acids is 1. The maximum atomic E-state index is 11.0. The second-order valence-electron chi connectivity index (χ2n) is 4.45. The van der Waals surface area contributed by atoms with Gasteiger partial charge in [0.05, 0.1) is 11.3 Å². The van der Waals surface area contributed by atoms with E-state index in [0.29, 0.717) is 11.9 Å². The molecule has 1 saturated carbocycles. The molecule has 17 heavy (non-hydrogen) atoms. The van der Waals surface area contributed by atoms with Crippen molar-refractivity contribution in [2.75, 3.05) is 17.7 Å². The van der Waals surface area contributed by atoms with Crippen molar-refractivity contribution >= 4 is 17.5 Å². The summed E-state index contributed by atoms with van der Waals surface area (Å²) in [4.78, 5) is 17.2. The van der Waals surface area contributed by atoms with Gasteiger partial charge in [-0.1, -0.05) is 12.8 Å². The summed E-state index contributed by atoms with van der Waals surface area (Å²) < 4.78 is 0. The van der Waals surface area contributed by atoms with Gasteiger partial charge in [0.25, 0.3) is 0 Å². The first-order chi connectivity index (χ1) is 8.11. The summed E-state index contributed by atoms with van der Waals surface area (Å²) in [5.41, 5.74) is 6.25. The Morgan fingerprint density at radius 3 is 2.76 bits per heavy atom. The molecule has 1 aromatic rings. The Hall–Kier alpha value is -1.78. The fourth-order valence-corrected chi connectivity index (χ4v) is 2.39. The molecular weight excluding hydrogens is 218 g/mol. The zero-order valence-corrected chi connectivity index (χ0v) is 9.89. The lowest BCUT2D eigenvalue weighted by Gasteiger charge is -2.26. The van der Waals surface area contributed by atoms with Crippen LogP contribution in [0.3, 0.4) is 0 Å². The minimum atomic E-state index is -1.01. The summed E-state index contributed by atoms with van der Waals surface area (Å²) in [6.07, 6.45) is 6.17. The molecule has 0 spiro atoms. The zero-order chi connectivity index (χ0) is 12.4.